The minimum absolute atomic E-state index is 0. The Morgan fingerprint density at radius 2 is 1.24 bits per heavy atom. The van der Waals surface area contributed by atoms with Gasteiger partial charge in [-0.05, 0) is 13.3 Å². The van der Waals surface area contributed by atoms with E-state index in [4.69, 9.17) is 4.74 Å². The SMILES string of the molecule is CCCCCCCCCCCCCC(=O)OCCC[N+](C)(C)CC.[I-]. The fourth-order valence-electron chi connectivity index (χ4n) is 2.84. The molecule has 0 aromatic heterocycles. The molecule has 25 heavy (non-hydrogen) atoms. The Balaban J connectivity index is 0. The summed E-state index contributed by atoms with van der Waals surface area (Å²) in [6.07, 6.45) is 16.0. The number of nitrogens with zero attached hydrogens (tertiary/aromatic N) is 1. The number of carbonyl (C=O) groups is 1. The molecule has 0 rings (SSSR count). The van der Waals surface area contributed by atoms with Crippen molar-refractivity contribution in [3.05, 3.63) is 0 Å². The van der Waals surface area contributed by atoms with E-state index in [0.29, 0.717) is 13.0 Å². The van der Waals surface area contributed by atoms with Crippen LogP contribution in [0, 0.1) is 0 Å². The van der Waals surface area contributed by atoms with Crippen molar-refractivity contribution >= 4 is 5.97 Å². The Morgan fingerprint density at radius 3 is 1.72 bits per heavy atom. The van der Waals surface area contributed by atoms with E-state index in [0.717, 1.165) is 30.4 Å². The lowest BCUT2D eigenvalue weighted by atomic mass is 10.1. The van der Waals surface area contributed by atoms with Crippen LogP contribution in [0.2, 0.25) is 0 Å². The summed E-state index contributed by atoms with van der Waals surface area (Å²) >= 11 is 0. The number of quaternary nitrogens is 1. The monoisotopic (exact) mass is 469 g/mol. The average Bonchev–Trinajstić information content (AvgIpc) is 2.56. The van der Waals surface area contributed by atoms with Crippen LogP contribution >= 0.6 is 0 Å². The summed E-state index contributed by atoms with van der Waals surface area (Å²) in [6, 6.07) is 0. The summed E-state index contributed by atoms with van der Waals surface area (Å²) in [5.74, 6) is -0.00673. The van der Waals surface area contributed by atoms with Crippen LogP contribution in [0.3, 0.4) is 0 Å². The predicted molar refractivity (Wildman–Crippen MR) is 104 cm³/mol. The third-order valence-corrected chi connectivity index (χ3v) is 5.01. The van der Waals surface area contributed by atoms with Gasteiger partial charge < -0.3 is 33.2 Å². The zero-order valence-corrected chi connectivity index (χ0v) is 19.6. The van der Waals surface area contributed by atoms with Crippen molar-refractivity contribution < 1.29 is 38.0 Å². The van der Waals surface area contributed by atoms with E-state index >= 15 is 0 Å². The number of halogens is 1. The zero-order valence-electron chi connectivity index (χ0n) is 17.5. The molecule has 0 radical (unpaired) electrons. The van der Waals surface area contributed by atoms with Gasteiger partial charge in [0, 0.05) is 12.8 Å². The van der Waals surface area contributed by atoms with Crippen LogP contribution in [-0.4, -0.2) is 44.2 Å². The lowest BCUT2D eigenvalue weighted by Crippen LogP contribution is -3.00. The highest BCUT2D eigenvalue weighted by Crippen LogP contribution is 2.12. The maximum Gasteiger partial charge on any atom is 0.305 e. The number of ether oxygens (including phenoxy) is 1. The van der Waals surface area contributed by atoms with Crippen molar-refractivity contribution in [1.82, 2.24) is 0 Å². The Hall–Kier alpha value is 0.160. The normalized spacial score (nSPS) is 11.2. The summed E-state index contributed by atoms with van der Waals surface area (Å²) < 4.78 is 6.32. The minimum atomic E-state index is -0.00673. The Kier molecular flexibility index (Phi) is 20.7. The molecule has 0 fully saturated rings. The van der Waals surface area contributed by atoms with Gasteiger partial charge in [0.25, 0.3) is 0 Å². The van der Waals surface area contributed by atoms with E-state index in [1.54, 1.807) is 0 Å². The number of carbonyl (C=O) groups excluding carboxylic acids is 1. The van der Waals surface area contributed by atoms with Gasteiger partial charge in [-0.25, -0.2) is 0 Å². The molecule has 0 aliphatic carbocycles. The van der Waals surface area contributed by atoms with Gasteiger partial charge in [-0.15, -0.1) is 0 Å². The number of hydrogen-bond acceptors (Lipinski definition) is 2. The van der Waals surface area contributed by atoms with E-state index in [9.17, 15) is 4.79 Å². The van der Waals surface area contributed by atoms with Crippen LogP contribution in [0.5, 0.6) is 0 Å². The number of unbranched alkanes of at least 4 members (excludes halogenated alkanes) is 10. The Bertz CT molecular complexity index is 296. The molecule has 0 aliphatic heterocycles. The third-order valence-electron chi connectivity index (χ3n) is 5.01. The van der Waals surface area contributed by atoms with E-state index in [2.05, 4.69) is 27.9 Å². The molecule has 0 bridgehead atoms. The molecule has 0 heterocycles. The van der Waals surface area contributed by atoms with E-state index in [1.165, 1.54) is 64.2 Å². The summed E-state index contributed by atoms with van der Waals surface area (Å²) in [4.78, 5) is 11.7. The average molecular weight is 469 g/mol. The molecule has 0 aromatic rings. The first kappa shape index (κ1) is 27.4. The van der Waals surface area contributed by atoms with Gasteiger partial charge in [-0.2, -0.15) is 0 Å². The molecule has 0 spiro atoms. The molecule has 3 nitrogen and oxygen atoms in total. The van der Waals surface area contributed by atoms with Gasteiger partial charge in [0.05, 0.1) is 33.8 Å². The second-order valence-corrected chi connectivity index (χ2v) is 7.84. The Labute approximate surface area is 174 Å². The first-order valence-corrected chi connectivity index (χ1v) is 10.5. The molecule has 152 valence electrons. The highest BCUT2D eigenvalue weighted by atomic mass is 127. The molecule has 0 amide bonds. The molecule has 4 heteroatoms. The van der Waals surface area contributed by atoms with Crippen molar-refractivity contribution in [1.29, 1.82) is 0 Å². The smallest absolute Gasteiger partial charge is 0.305 e. The molecule has 0 saturated heterocycles. The van der Waals surface area contributed by atoms with Gasteiger partial charge >= 0.3 is 5.97 Å². The lowest BCUT2D eigenvalue weighted by molar-refractivity contribution is -0.888. The van der Waals surface area contributed by atoms with Crippen molar-refractivity contribution in [2.24, 2.45) is 0 Å². The largest absolute Gasteiger partial charge is 1.00 e. The molecular formula is C21H44INO2. The minimum Gasteiger partial charge on any atom is -1.00 e. The van der Waals surface area contributed by atoms with Crippen LogP contribution in [0.25, 0.3) is 0 Å². The standard InChI is InChI=1S/C21H44NO2.HI/c1-5-7-8-9-10-11-12-13-14-15-16-18-21(23)24-20-17-19-22(3,4)6-2;/h5-20H2,1-4H3;1H/q+1;/p-1. The van der Waals surface area contributed by atoms with Crippen molar-refractivity contribution in [2.75, 3.05) is 33.8 Å². The maximum atomic E-state index is 11.7. The van der Waals surface area contributed by atoms with Crippen LogP contribution in [0.4, 0.5) is 0 Å². The van der Waals surface area contributed by atoms with Crippen LogP contribution in [-0.2, 0) is 9.53 Å². The number of rotatable bonds is 17. The van der Waals surface area contributed by atoms with Crippen LogP contribution in [0.15, 0.2) is 0 Å². The van der Waals surface area contributed by atoms with Crippen LogP contribution < -0.4 is 24.0 Å². The van der Waals surface area contributed by atoms with Gasteiger partial charge in [0.2, 0.25) is 0 Å². The molecule has 0 atom stereocenters. The summed E-state index contributed by atoms with van der Waals surface area (Å²) in [5, 5.41) is 0. The van der Waals surface area contributed by atoms with Crippen molar-refractivity contribution in [2.45, 2.75) is 97.3 Å². The van der Waals surface area contributed by atoms with Gasteiger partial charge in [0.1, 0.15) is 0 Å². The molecule has 0 aliphatic rings. The quantitative estimate of drug-likeness (QED) is 0.142. The lowest BCUT2D eigenvalue weighted by Gasteiger charge is -2.27. The van der Waals surface area contributed by atoms with Crippen molar-refractivity contribution in [3.8, 4) is 0 Å². The zero-order chi connectivity index (χ0) is 18.1. The number of hydrogen-bond donors (Lipinski definition) is 0. The van der Waals surface area contributed by atoms with E-state index in [1.807, 2.05) is 0 Å². The van der Waals surface area contributed by atoms with Gasteiger partial charge in [-0.1, -0.05) is 71.1 Å². The Morgan fingerprint density at radius 1 is 0.760 bits per heavy atom. The highest BCUT2D eigenvalue weighted by Gasteiger charge is 2.11. The highest BCUT2D eigenvalue weighted by molar-refractivity contribution is 5.69. The molecule has 0 saturated carbocycles. The number of esters is 1. The summed E-state index contributed by atoms with van der Waals surface area (Å²) in [6.45, 7) is 7.23. The fourth-order valence-corrected chi connectivity index (χ4v) is 2.84. The second-order valence-electron chi connectivity index (χ2n) is 7.84. The third kappa shape index (κ3) is 20.3. The second kappa shape index (κ2) is 18.9. The maximum absolute atomic E-state index is 11.7. The first-order valence-electron chi connectivity index (χ1n) is 10.5. The molecule has 0 unspecified atom stereocenters. The van der Waals surface area contributed by atoms with Crippen molar-refractivity contribution in [3.63, 3.8) is 0 Å². The van der Waals surface area contributed by atoms with Gasteiger partial charge in [-0.3, -0.25) is 4.79 Å². The van der Waals surface area contributed by atoms with Crippen LogP contribution in [0.1, 0.15) is 97.3 Å². The topological polar surface area (TPSA) is 26.3 Å². The first-order chi connectivity index (χ1) is 11.5. The fraction of sp³-hybridized carbons (Fsp3) is 0.952. The van der Waals surface area contributed by atoms with Gasteiger partial charge in [0.15, 0.2) is 0 Å². The molecule has 0 N–H and O–H groups in total. The summed E-state index contributed by atoms with van der Waals surface area (Å²) in [7, 11) is 4.43. The predicted octanol–water partition coefficient (Wildman–Crippen LogP) is 2.72. The van der Waals surface area contributed by atoms with E-state index < -0.39 is 0 Å². The van der Waals surface area contributed by atoms with E-state index in [-0.39, 0.29) is 29.9 Å². The molecule has 0 aromatic carbocycles. The summed E-state index contributed by atoms with van der Waals surface area (Å²) in [5.41, 5.74) is 0. The molecular weight excluding hydrogens is 425 g/mol.